The van der Waals surface area contributed by atoms with Crippen molar-refractivity contribution in [1.29, 1.82) is 0 Å². The molecule has 0 radical (unpaired) electrons. The van der Waals surface area contributed by atoms with E-state index in [1.54, 1.807) is 11.3 Å². The van der Waals surface area contributed by atoms with E-state index in [1.807, 2.05) is 46.8 Å². The third kappa shape index (κ3) is 5.07. The van der Waals surface area contributed by atoms with E-state index in [0.717, 1.165) is 59.9 Å². The van der Waals surface area contributed by atoms with Crippen molar-refractivity contribution in [3.63, 3.8) is 0 Å². The van der Waals surface area contributed by atoms with Gasteiger partial charge in [-0.3, -0.25) is 9.59 Å². The molecular weight excluding hydrogens is 442 g/mol. The van der Waals surface area contributed by atoms with Crippen LogP contribution >= 0.6 is 11.3 Å². The molecule has 180 valence electrons. The van der Waals surface area contributed by atoms with Crippen LogP contribution in [0.5, 0.6) is 0 Å². The highest BCUT2D eigenvalue weighted by molar-refractivity contribution is 7.10. The molecule has 2 aliphatic rings. The number of thiophene rings is 1. The summed E-state index contributed by atoms with van der Waals surface area (Å²) in [5, 5.41) is 6.43. The summed E-state index contributed by atoms with van der Waals surface area (Å²) in [7, 11) is 0. The molecule has 2 aromatic heterocycles. The molecule has 0 aliphatic heterocycles. The van der Waals surface area contributed by atoms with Gasteiger partial charge in [0.1, 0.15) is 6.04 Å². The van der Waals surface area contributed by atoms with Crippen LogP contribution in [0.3, 0.4) is 0 Å². The Morgan fingerprint density at radius 3 is 2.44 bits per heavy atom. The zero-order valence-corrected chi connectivity index (χ0v) is 20.6. The minimum atomic E-state index is -0.553. The van der Waals surface area contributed by atoms with Crippen LogP contribution in [-0.4, -0.2) is 33.8 Å². The third-order valence-electron chi connectivity index (χ3n) is 7.56. The second kappa shape index (κ2) is 10.8. The number of aromatic nitrogens is 1. The van der Waals surface area contributed by atoms with Gasteiger partial charge in [-0.15, -0.1) is 11.3 Å². The van der Waals surface area contributed by atoms with Gasteiger partial charge in [0.25, 0.3) is 0 Å². The normalized spacial score (nSPS) is 18.6. The van der Waals surface area contributed by atoms with Gasteiger partial charge in [-0.2, -0.15) is 0 Å². The monoisotopic (exact) mass is 477 g/mol. The molecule has 0 unspecified atom stereocenters. The maximum atomic E-state index is 14.0. The lowest BCUT2D eigenvalue weighted by atomic mass is 9.91. The van der Waals surface area contributed by atoms with E-state index in [1.165, 1.54) is 25.7 Å². The Morgan fingerprint density at radius 1 is 0.971 bits per heavy atom. The van der Waals surface area contributed by atoms with E-state index in [0.29, 0.717) is 6.42 Å². The molecule has 2 fully saturated rings. The van der Waals surface area contributed by atoms with Crippen LogP contribution in [0.15, 0.2) is 48.0 Å². The molecule has 0 spiro atoms. The summed E-state index contributed by atoms with van der Waals surface area (Å²) < 4.78 is 0. The first kappa shape index (κ1) is 23.2. The molecule has 2 amide bonds. The Hall–Kier alpha value is -2.60. The number of carbonyl (C=O) groups excluding carboxylic acids is 2. The van der Waals surface area contributed by atoms with Crippen molar-refractivity contribution < 1.29 is 9.59 Å². The van der Waals surface area contributed by atoms with Crippen molar-refractivity contribution >= 4 is 34.1 Å². The summed E-state index contributed by atoms with van der Waals surface area (Å²) in [6.07, 6.45) is 13.3. The second-order valence-corrected chi connectivity index (χ2v) is 10.9. The number of nitrogens with zero attached hydrogens (tertiary/aromatic N) is 1. The van der Waals surface area contributed by atoms with Crippen molar-refractivity contribution in [3.05, 3.63) is 58.4 Å². The minimum absolute atomic E-state index is 0.00722. The topological polar surface area (TPSA) is 65.2 Å². The predicted octanol–water partition coefficient (Wildman–Crippen LogP) is 6.12. The number of amides is 2. The van der Waals surface area contributed by atoms with Gasteiger partial charge in [0, 0.05) is 34.1 Å². The van der Waals surface area contributed by atoms with Crippen LogP contribution in [-0.2, 0) is 16.0 Å². The van der Waals surface area contributed by atoms with Crippen LogP contribution in [0.4, 0.5) is 0 Å². The molecule has 0 saturated heterocycles. The molecule has 5 rings (SSSR count). The van der Waals surface area contributed by atoms with E-state index >= 15 is 0 Å². The fourth-order valence-corrected chi connectivity index (χ4v) is 6.64. The number of hydrogen-bond donors (Lipinski definition) is 2. The molecule has 1 aromatic carbocycles. The number of H-pyrrole nitrogens is 1. The number of rotatable bonds is 7. The minimum Gasteiger partial charge on any atom is -0.361 e. The second-order valence-electron chi connectivity index (χ2n) is 9.89. The maximum absolute atomic E-state index is 14.0. The van der Waals surface area contributed by atoms with Gasteiger partial charge < -0.3 is 15.2 Å². The van der Waals surface area contributed by atoms with Crippen LogP contribution in [0.2, 0.25) is 0 Å². The highest BCUT2D eigenvalue weighted by Crippen LogP contribution is 2.34. The van der Waals surface area contributed by atoms with Crippen LogP contribution in [0.1, 0.15) is 80.7 Å². The van der Waals surface area contributed by atoms with Crippen molar-refractivity contribution in [3.8, 4) is 0 Å². The standard InChI is InChI=1S/C28H35N3O2S/c32-26(18-20-19-29-24-15-8-7-14-23(20)24)31(22-12-5-2-6-13-22)27(25-16-9-17-34-25)28(33)30-21-10-3-1-4-11-21/h7-9,14-17,19,21-22,27,29H,1-6,10-13,18H2,(H,30,33)/t27-/m0/s1. The Labute approximate surface area is 205 Å². The van der Waals surface area contributed by atoms with Crippen LogP contribution in [0.25, 0.3) is 10.9 Å². The molecule has 2 aliphatic carbocycles. The van der Waals surface area contributed by atoms with E-state index in [9.17, 15) is 9.59 Å². The van der Waals surface area contributed by atoms with Gasteiger partial charge in [-0.05, 0) is 48.8 Å². The lowest BCUT2D eigenvalue weighted by Gasteiger charge is -2.40. The molecule has 1 atom stereocenters. The number of fused-ring (bicyclic) bond motifs is 1. The molecular formula is C28H35N3O2S. The van der Waals surface area contributed by atoms with Gasteiger partial charge in [0.2, 0.25) is 11.8 Å². The van der Waals surface area contributed by atoms with Gasteiger partial charge in [0.15, 0.2) is 0 Å². The number of nitrogens with one attached hydrogen (secondary N) is 2. The lowest BCUT2D eigenvalue weighted by molar-refractivity contribution is -0.144. The predicted molar refractivity (Wildman–Crippen MR) is 138 cm³/mol. The summed E-state index contributed by atoms with van der Waals surface area (Å²) in [5.41, 5.74) is 2.04. The lowest BCUT2D eigenvalue weighted by Crippen LogP contribution is -2.51. The largest absolute Gasteiger partial charge is 0.361 e. The van der Waals surface area contributed by atoms with Crippen molar-refractivity contribution in [2.75, 3.05) is 0 Å². The summed E-state index contributed by atoms with van der Waals surface area (Å²) in [6, 6.07) is 11.9. The fraction of sp³-hybridized carbons (Fsp3) is 0.500. The Morgan fingerprint density at radius 2 is 1.71 bits per heavy atom. The van der Waals surface area contributed by atoms with Gasteiger partial charge in [-0.25, -0.2) is 0 Å². The van der Waals surface area contributed by atoms with Crippen LogP contribution in [0, 0.1) is 0 Å². The maximum Gasteiger partial charge on any atom is 0.248 e. The highest BCUT2D eigenvalue weighted by atomic mass is 32.1. The summed E-state index contributed by atoms with van der Waals surface area (Å²) >= 11 is 1.58. The highest BCUT2D eigenvalue weighted by Gasteiger charge is 2.38. The molecule has 2 saturated carbocycles. The number of hydrogen-bond acceptors (Lipinski definition) is 3. The molecule has 2 heterocycles. The first-order valence-electron chi connectivity index (χ1n) is 12.9. The van der Waals surface area contributed by atoms with E-state index in [4.69, 9.17) is 0 Å². The summed E-state index contributed by atoms with van der Waals surface area (Å²) in [6.45, 7) is 0. The molecule has 6 heteroatoms. The Bertz CT molecular complexity index is 1090. The quantitative estimate of drug-likeness (QED) is 0.430. The molecule has 34 heavy (non-hydrogen) atoms. The summed E-state index contributed by atoms with van der Waals surface area (Å²) in [5.74, 6) is 0.0426. The average Bonchev–Trinajstić information content (AvgIpc) is 3.54. The van der Waals surface area contributed by atoms with Gasteiger partial charge in [0.05, 0.1) is 6.42 Å². The zero-order valence-electron chi connectivity index (χ0n) is 19.8. The average molecular weight is 478 g/mol. The first-order valence-corrected chi connectivity index (χ1v) is 13.8. The number of benzene rings is 1. The van der Waals surface area contributed by atoms with E-state index in [-0.39, 0.29) is 23.9 Å². The summed E-state index contributed by atoms with van der Waals surface area (Å²) in [4.78, 5) is 34.1. The van der Waals surface area contributed by atoms with E-state index < -0.39 is 6.04 Å². The molecule has 0 bridgehead atoms. The molecule has 5 nitrogen and oxygen atoms in total. The van der Waals surface area contributed by atoms with Gasteiger partial charge in [-0.1, -0.05) is 62.8 Å². The van der Waals surface area contributed by atoms with Crippen molar-refractivity contribution in [2.24, 2.45) is 0 Å². The fourth-order valence-electron chi connectivity index (χ4n) is 5.82. The SMILES string of the molecule is O=C(NC1CCCCC1)[C@H](c1cccs1)N(C(=O)Cc1c[nH]c2ccccc12)C1CCCCC1. The Kier molecular flexibility index (Phi) is 7.33. The molecule has 2 N–H and O–H groups in total. The van der Waals surface area contributed by atoms with E-state index in [2.05, 4.69) is 16.4 Å². The van der Waals surface area contributed by atoms with Crippen LogP contribution < -0.4 is 5.32 Å². The first-order chi connectivity index (χ1) is 16.7. The molecule has 3 aromatic rings. The smallest absolute Gasteiger partial charge is 0.248 e. The van der Waals surface area contributed by atoms with Crippen molar-refractivity contribution in [2.45, 2.75) is 88.8 Å². The van der Waals surface area contributed by atoms with Crippen molar-refractivity contribution in [1.82, 2.24) is 15.2 Å². The number of carbonyl (C=O) groups is 2. The van der Waals surface area contributed by atoms with Gasteiger partial charge >= 0.3 is 0 Å². The zero-order chi connectivity index (χ0) is 23.3. The third-order valence-corrected chi connectivity index (χ3v) is 8.49. The number of para-hydroxylation sites is 1. The Balaban J connectivity index is 1.46. The number of aromatic amines is 1.